The second-order valence-corrected chi connectivity index (χ2v) is 6.04. The van der Waals surface area contributed by atoms with Gasteiger partial charge in [-0.3, -0.25) is 4.79 Å². The SMILES string of the molecule is COc1cc(Br)ccc1C(=O)N(C)CCN1CCCC1. The number of halogens is 1. The lowest BCUT2D eigenvalue weighted by molar-refractivity contribution is 0.0779. The highest BCUT2D eigenvalue weighted by atomic mass is 79.9. The van der Waals surface area contributed by atoms with Crippen LogP contribution in [0.3, 0.4) is 0 Å². The van der Waals surface area contributed by atoms with Gasteiger partial charge in [-0.25, -0.2) is 0 Å². The van der Waals surface area contributed by atoms with Crippen LogP contribution >= 0.6 is 15.9 Å². The van der Waals surface area contributed by atoms with E-state index in [1.165, 1.54) is 12.8 Å². The van der Waals surface area contributed by atoms with Crippen LogP contribution in [0.15, 0.2) is 22.7 Å². The number of likely N-dealkylation sites (tertiary alicyclic amines) is 1. The highest BCUT2D eigenvalue weighted by Gasteiger charge is 2.18. The molecule has 0 unspecified atom stereocenters. The zero-order valence-corrected chi connectivity index (χ0v) is 13.6. The van der Waals surface area contributed by atoms with Crippen molar-refractivity contribution < 1.29 is 9.53 Å². The van der Waals surface area contributed by atoms with Gasteiger partial charge < -0.3 is 14.5 Å². The van der Waals surface area contributed by atoms with E-state index in [2.05, 4.69) is 20.8 Å². The summed E-state index contributed by atoms with van der Waals surface area (Å²) in [6.45, 7) is 4.01. The van der Waals surface area contributed by atoms with E-state index in [4.69, 9.17) is 4.74 Å². The summed E-state index contributed by atoms with van der Waals surface area (Å²) < 4.78 is 6.20. The van der Waals surface area contributed by atoms with E-state index in [1.807, 2.05) is 19.2 Å². The topological polar surface area (TPSA) is 32.8 Å². The normalized spacial score (nSPS) is 15.3. The number of carbonyl (C=O) groups excluding carboxylic acids is 1. The summed E-state index contributed by atoms with van der Waals surface area (Å²) in [5.74, 6) is 0.617. The third kappa shape index (κ3) is 3.73. The number of benzene rings is 1. The number of nitrogens with zero attached hydrogens (tertiary/aromatic N) is 2. The summed E-state index contributed by atoms with van der Waals surface area (Å²) in [6, 6.07) is 5.49. The molecule has 5 heteroatoms. The van der Waals surface area contributed by atoms with Gasteiger partial charge in [0.05, 0.1) is 12.7 Å². The zero-order chi connectivity index (χ0) is 14.5. The Morgan fingerprint density at radius 3 is 2.75 bits per heavy atom. The molecule has 1 aromatic carbocycles. The molecule has 0 aliphatic carbocycles. The van der Waals surface area contributed by atoms with Crippen molar-refractivity contribution in [2.45, 2.75) is 12.8 Å². The maximum absolute atomic E-state index is 12.5. The van der Waals surface area contributed by atoms with Crippen LogP contribution in [-0.4, -0.2) is 56.0 Å². The molecule has 110 valence electrons. The molecular formula is C15H21BrN2O2. The Balaban J connectivity index is 1.98. The number of methoxy groups -OCH3 is 1. The monoisotopic (exact) mass is 340 g/mol. The quantitative estimate of drug-likeness (QED) is 0.825. The summed E-state index contributed by atoms with van der Waals surface area (Å²) in [6.07, 6.45) is 2.55. The molecule has 1 saturated heterocycles. The van der Waals surface area contributed by atoms with E-state index in [-0.39, 0.29) is 5.91 Å². The number of likely N-dealkylation sites (N-methyl/N-ethyl adjacent to an activating group) is 1. The standard InChI is InChI=1S/C15H21BrN2O2/c1-17(9-10-18-7-3-4-8-18)15(19)13-6-5-12(16)11-14(13)20-2/h5-6,11H,3-4,7-10H2,1-2H3. The summed E-state index contributed by atoms with van der Waals surface area (Å²) in [5, 5.41) is 0. The Hall–Kier alpha value is -1.07. The van der Waals surface area contributed by atoms with Gasteiger partial charge in [0.15, 0.2) is 0 Å². The molecule has 0 saturated carbocycles. The first-order valence-corrected chi connectivity index (χ1v) is 7.72. The summed E-state index contributed by atoms with van der Waals surface area (Å²) in [4.78, 5) is 16.6. The summed E-state index contributed by atoms with van der Waals surface area (Å²) in [7, 11) is 3.43. The van der Waals surface area contributed by atoms with Crippen molar-refractivity contribution in [2.24, 2.45) is 0 Å². The average Bonchev–Trinajstić information content (AvgIpc) is 2.97. The number of hydrogen-bond acceptors (Lipinski definition) is 3. The molecule has 0 bridgehead atoms. The largest absolute Gasteiger partial charge is 0.496 e. The molecule has 1 aliphatic rings. The predicted molar refractivity (Wildman–Crippen MR) is 83.3 cm³/mol. The highest BCUT2D eigenvalue weighted by molar-refractivity contribution is 9.10. The average molecular weight is 341 g/mol. The number of hydrogen-bond donors (Lipinski definition) is 0. The Kier molecular flexibility index (Phi) is 5.43. The van der Waals surface area contributed by atoms with Gasteiger partial charge in [0, 0.05) is 24.6 Å². The first-order valence-electron chi connectivity index (χ1n) is 6.93. The van der Waals surface area contributed by atoms with Gasteiger partial charge in [0.1, 0.15) is 5.75 Å². The van der Waals surface area contributed by atoms with E-state index in [0.717, 1.165) is 30.7 Å². The number of carbonyl (C=O) groups is 1. The van der Waals surface area contributed by atoms with E-state index >= 15 is 0 Å². The van der Waals surface area contributed by atoms with Crippen molar-refractivity contribution in [2.75, 3.05) is 40.3 Å². The maximum atomic E-state index is 12.5. The van der Waals surface area contributed by atoms with E-state index < -0.39 is 0 Å². The molecule has 0 radical (unpaired) electrons. The van der Waals surface area contributed by atoms with Gasteiger partial charge >= 0.3 is 0 Å². The van der Waals surface area contributed by atoms with Gasteiger partial charge in [-0.05, 0) is 44.1 Å². The molecule has 1 fully saturated rings. The van der Waals surface area contributed by atoms with Crippen LogP contribution in [0.5, 0.6) is 5.75 Å². The fourth-order valence-electron chi connectivity index (χ4n) is 2.45. The molecule has 0 N–H and O–H groups in total. The van der Waals surface area contributed by atoms with Gasteiger partial charge in [0.25, 0.3) is 5.91 Å². The highest BCUT2D eigenvalue weighted by Crippen LogP contribution is 2.24. The first-order chi connectivity index (χ1) is 9.61. The third-order valence-corrected chi connectivity index (χ3v) is 4.18. The van der Waals surface area contributed by atoms with Crippen molar-refractivity contribution >= 4 is 21.8 Å². The lowest BCUT2D eigenvalue weighted by Crippen LogP contribution is -2.35. The third-order valence-electron chi connectivity index (χ3n) is 3.69. The maximum Gasteiger partial charge on any atom is 0.257 e. The number of ether oxygens (including phenoxy) is 1. The van der Waals surface area contributed by atoms with Crippen molar-refractivity contribution in [1.29, 1.82) is 0 Å². The molecule has 0 spiro atoms. The fraction of sp³-hybridized carbons (Fsp3) is 0.533. The Morgan fingerprint density at radius 2 is 2.10 bits per heavy atom. The van der Waals surface area contributed by atoms with Crippen LogP contribution in [0.1, 0.15) is 23.2 Å². The van der Waals surface area contributed by atoms with Crippen LogP contribution in [0, 0.1) is 0 Å². The Morgan fingerprint density at radius 1 is 1.40 bits per heavy atom. The van der Waals surface area contributed by atoms with Gasteiger partial charge in [0.2, 0.25) is 0 Å². The van der Waals surface area contributed by atoms with Gasteiger partial charge in [-0.2, -0.15) is 0 Å². The van der Waals surface area contributed by atoms with Gasteiger partial charge in [-0.15, -0.1) is 0 Å². The van der Waals surface area contributed by atoms with Crippen molar-refractivity contribution in [3.05, 3.63) is 28.2 Å². The molecule has 1 aliphatic heterocycles. The molecule has 0 aromatic heterocycles. The minimum Gasteiger partial charge on any atom is -0.496 e. The van der Waals surface area contributed by atoms with Crippen LogP contribution in [-0.2, 0) is 0 Å². The Bertz CT molecular complexity index is 473. The van der Waals surface area contributed by atoms with Crippen LogP contribution < -0.4 is 4.74 Å². The van der Waals surface area contributed by atoms with Crippen LogP contribution in [0.25, 0.3) is 0 Å². The summed E-state index contributed by atoms with van der Waals surface area (Å²) in [5.41, 5.74) is 0.611. The molecule has 4 nitrogen and oxygen atoms in total. The molecule has 2 rings (SSSR count). The second kappa shape index (κ2) is 7.09. The number of rotatable bonds is 5. The lowest BCUT2D eigenvalue weighted by atomic mass is 10.2. The minimum absolute atomic E-state index is 0.00791. The van der Waals surface area contributed by atoms with Crippen molar-refractivity contribution in [3.8, 4) is 5.75 Å². The second-order valence-electron chi connectivity index (χ2n) is 5.12. The Labute approximate surface area is 128 Å². The fourth-order valence-corrected chi connectivity index (χ4v) is 2.79. The van der Waals surface area contributed by atoms with E-state index in [1.54, 1.807) is 18.1 Å². The molecule has 1 aromatic rings. The smallest absolute Gasteiger partial charge is 0.257 e. The minimum atomic E-state index is 0.00791. The molecular weight excluding hydrogens is 320 g/mol. The molecule has 20 heavy (non-hydrogen) atoms. The van der Waals surface area contributed by atoms with Crippen molar-refractivity contribution in [3.63, 3.8) is 0 Å². The molecule has 1 heterocycles. The number of amides is 1. The predicted octanol–water partition coefficient (Wildman–Crippen LogP) is 2.63. The summed E-state index contributed by atoms with van der Waals surface area (Å²) >= 11 is 3.39. The molecule has 0 atom stereocenters. The zero-order valence-electron chi connectivity index (χ0n) is 12.1. The van der Waals surface area contributed by atoms with Crippen molar-refractivity contribution in [1.82, 2.24) is 9.80 Å². The van der Waals surface area contributed by atoms with E-state index in [0.29, 0.717) is 11.3 Å². The first kappa shape index (κ1) is 15.3. The van der Waals surface area contributed by atoms with Crippen LogP contribution in [0.2, 0.25) is 0 Å². The lowest BCUT2D eigenvalue weighted by Gasteiger charge is -2.22. The molecule has 1 amide bonds. The van der Waals surface area contributed by atoms with Crippen LogP contribution in [0.4, 0.5) is 0 Å². The van der Waals surface area contributed by atoms with E-state index in [9.17, 15) is 4.79 Å². The van der Waals surface area contributed by atoms with Gasteiger partial charge in [-0.1, -0.05) is 15.9 Å².